The number of nitrogens with one attached hydrogen (secondary N) is 3. The Morgan fingerprint density at radius 3 is 2.45 bits per heavy atom. The van der Waals surface area contributed by atoms with Crippen molar-refractivity contribution < 1.29 is 19.1 Å². The molecule has 7 nitrogen and oxygen atoms in total. The first-order valence-corrected chi connectivity index (χ1v) is 9.29. The highest BCUT2D eigenvalue weighted by atomic mass is 32.1. The molecule has 29 heavy (non-hydrogen) atoms. The zero-order valence-electron chi connectivity index (χ0n) is 16.1. The van der Waals surface area contributed by atoms with Crippen molar-refractivity contribution in [2.75, 3.05) is 32.2 Å². The topological polar surface area (TPSA) is 88.7 Å². The number of methoxy groups -OCH3 is 1. The fourth-order valence-electron chi connectivity index (χ4n) is 2.39. The normalized spacial score (nSPS) is 9.97. The van der Waals surface area contributed by atoms with E-state index in [0.717, 1.165) is 0 Å². The van der Waals surface area contributed by atoms with E-state index in [9.17, 15) is 9.59 Å². The Morgan fingerprint density at radius 1 is 1.03 bits per heavy atom. The molecule has 2 amide bonds. The SMILES string of the molecule is C=CCNC(=O)c1ccccc1NC(=S)NC(=O)c1ccccc1OCCOC. The van der Waals surface area contributed by atoms with Crippen LogP contribution < -0.4 is 20.7 Å². The molecule has 2 aromatic carbocycles. The Balaban J connectivity index is 2.06. The van der Waals surface area contributed by atoms with Gasteiger partial charge in [0, 0.05) is 13.7 Å². The van der Waals surface area contributed by atoms with Crippen molar-refractivity contribution in [1.82, 2.24) is 10.6 Å². The smallest absolute Gasteiger partial charge is 0.261 e. The summed E-state index contributed by atoms with van der Waals surface area (Å²) in [5.41, 5.74) is 1.21. The fraction of sp³-hybridized carbons (Fsp3) is 0.190. The summed E-state index contributed by atoms with van der Waals surface area (Å²) in [6.07, 6.45) is 1.59. The monoisotopic (exact) mass is 413 g/mol. The van der Waals surface area contributed by atoms with Crippen molar-refractivity contribution in [2.24, 2.45) is 0 Å². The maximum Gasteiger partial charge on any atom is 0.261 e. The first-order valence-electron chi connectivity index (χ1n) is 8.88. The van der Waals surface area contributed by atoms with Crippen LogP contribution in [0.4, 0.5) is 5.69 Å². The molecule has 0 aromatic heterocycles. The van der Waals surface area contributed by atoms with Gasteiger partial charge in [0.25, 0.3) is 11.8 Å². The number of hydrogen-bond acceptors (Lipinski definition) is 5. The van der Waals surface area contributed by atoms with Gasteiger partial charge in [0.2, 0.25) is 0 Å². The van der Waals surface area contributed by atoms with Crippen LogP contribution in [-0.4, -0.2) is 43.8 Å². The third-order valence-electron chi connectivity index (χ3n) is 3.73. The van der Waals surface area contributed by atoms with Crippen LogP contribution in [0.25, 0.3) is 0 Å². The van der Waals surface area contributed by atoms with Crippen LogP contribution in [0.2, 0.25) is 0 Å². The van der Waals surface area contributed by atoms with E-state index in [4.69, 9.17) is 21.7 Å². The van der Waals surface area contributed by atoms with Crippen molar-refractivity contribution in [3.05, 3.63) is 72.3 Å². The minimum Gasteiger partial charge on any atom is -0.490 e. The first kappa shape index (κ1) is 22.1. The van der Waals surface area contributed by atoms with Gasteiger partial charge < -0.3 is 20.1 Å². The minimum absolute atomic E-state index is 0.0608. The van der Waals surface area contributed by atoms with Gasteiger partial charge in [0.15, 0.2) is 5.11 Å². The van der Waals surface area contributed by atoms with Gasteiger partial charge in [0.1, 0.15) is 12.4 Å². The molecule has 0 bridgehead atoms. The zero-order valence-corrected chi connectivity index (χ0v) is 16.9. The summed E-state index contributed by atoms with van der Waals surface area (Å²) in [7, 11) is 1.57. The van der Waals surface area contributed by atoms with Crippen LogP contribution in [0.1, 0.15) is 20.7 Å². The quantitative estimate of drug-likeness (QED) is 0.333. The molecule has 0 radical (unpaired) electrons. The Kier molecular flexibility index (Phi) is 8.81. The second kappa shape index (κ2) is 11.6. The van der Waals surface area contributed by atoms with Gasteiger partial charge in [-0.05, 0) is 36.5 Å². The summed E-state index contributed by atoms with van der Waals surface area (Å²) in [5.74, 6) is -0.280. The number of ether oxygens (including phenoxy) is 2. The molecular weight excluding hydrogens is 390 g/mol. The Bertz CT molecular complexity index is 886. The number of amides is 2. The number of carbonyl (C=O) groups excluding carboxylic acids is 2. The number of benzene rings is 2. The summed E-state index contributed by atoms with van der Waals surface area (Å²) in [4.78, 5) is 24.9. The lowest BCUT2D eigenvalue weighted by Crippen LogP contribution is -2.35. The fourth-order valence-corrected chi connectivity index (χ4v) is 2.59. The Labute approximate surface area is 175 Å². The summed E-state index contributed by atoms with van der Waals surface area (Å²) < 4.78 is 10.5. The molecule has 0 unspecified atom stereocenters. The van der Waals surface area contributed by atoms with Crippen molar-refractivity contribution in [3.63, 3.8) is 0 Å². The Hall–Kier alpha value is -3.23. The summed E-state index contributed by atoms with van der Waals surface area (Å²) in [6, 6.07) is 13.7. The zero-order chi connectivity index (χ0) is 21.1. The minimum atomic E-state index is -0.427. The lowest BCUT2D eigenvalue weighted by atomic mass is 10.1. The van der Waals surface area contributed by atoms with E-state index in [1.807, 2.05) is 0 Å². The van der Waals surface area contributed by atoms with E-state index < -0.39 is 5.91 Å². The van der Waals surface area contributed by atoms with Gasteiger partial charge in [-0.1, -0.05) is 30.3 Å². The first-order chi connectivity index (χ1) is 14.1. The third kappa shape index (κ3) is 6.70. The summed E-state index contributed by atoms with van der Waals surface area (Å²) in [5, 5.41) is 8.27. The molecule has 0 fully saturated rings. The molecule has 0 heterocycles. The number of anilines is 1. The lowest BCUT2D eigenvalue weighted by Gasteiger charge is -2.14. The molecule has 0 saturated carbocycles. The Morgan fingerprint density at radius 2 is 1.72 bits per heavy atom. The van der Waals surface area contributed by atoms with Gasteiger partial charge in [-0.25, -0.2) is 0 Å². The molecule has 0 aliphatic carbocycles. The molecule has 3 N–H and O–H groups in total. The highest BCUT2D eigenvalue weighted by Gasteiger charge is 2.15. The van der Waals surface area contributed by atoms with E-state index in [0.29, 0.717) is 42.3 Å². The van der Waals surface area contributed by atoms with Crippen molar-refractivity contribution in [2.45, 2.75) is 0 Å². The molecule has 0 atom stereocenters. The van der Waals surface area contributed by atoms with E-state index >= 15 is 0 Å². The summed E-state index contributed by atoms with van der Waals surface area (Å²) in [6.45, 7) is 4.63. The molecule has 0 aliphatic rings. The molecule has 0 spiro atoms. The van der Waals surface area contributed by atoms with Gasteiger partial charge in [-0.15, -0.1) is 6.58 Å². The van der Waals surface area contributed by atoms with Crippen molar-refractivity contribution >= 4 is 34.8 Å². The number of para-hydroxylation sites is 2. The lowest BCUT2D eigenvalue weighted by molar-refractivity contribution is 0.0955. The van der Waals surface area contributed by atoms with Gasteiger partial charge in [-0.3, -0.25) is 14.9 Å². The molecule has 8 heteroatoms. The summed E-state index contributed by atoms with van der Waals surface area (Å²) >= 11 is 5.24. The average molecular weight is 413 g/mol. The van der Waals surface area contributed by atoms with Crippen LogP contribution in [0.3, 0.4) is 0 Å². The molecular formula is C21H23N3O4S. The van der Waals surface area contributed by atoms with Crippen LogP contribution in [-0.2, 0) is 4.74 Å². The highest BCUT2D eigenvalue weighted by Crippen LogP contribution is 2.18. The van der Waals surface area contributed by atoms with E-state index in [1.165, 1.54) is 0 Å². The van der Waals surface area contributed by atoms with E-state index in [1.54, 1.807) is 61.7 Å². The predicted molar refractivity (Wildman–Crippen MR) is 116 cm³/mol. The molecule has 2 aromatic rings. The maximum absolute atomic E-state index is 12.6. The van der Waals surface area contributed by atoms with Crippen LogP contribution in [0, 0.1) is 0 Å². The maximum atomic E-state index is 12.6. The molecule has 152 valence electrons. The van der Waals surface area contributed by atoms with Crippen LogP contribution in [0.15, 0.2) is 61.2 Å². The number of hydrogen-bond donors (Lipinski definition) is 3. The third-order valence-corrected chi connectivity index (χ3v) is 3.93. The number of carbonyl (C=O) groups is 2. The van der Waals surface area contributed by atoms with Gasteiger partial charge in [-0.2, -0.15) is 0 Å². The average Bonchev–Trinajstić information content (AvgIpc) is 2.72. The van der Waals surface area contributed by atoms with Crippen LogP contribution >= 0.6 is 12.2 Å². The second-order valence-corrected chi connectivity index (χ2v) is 6.20. The highest BCUT2D eigenvalue weighted by molar-refractivity contribution is 7.80. The standard InChI is InChI=1S/C21H23N3O4S/c1-3-12-22-19(25)15-8-4-6-10-17(15)23-21(29)24-20(26)16-9-5-7-11-18(16)28-14-13-27-2/h3-11H,1,12-14H2,2H3,(H,22,25)(H2,23,24,26,29). The largest absolute Gasteiger partial charge is 0.490 e. The van der Waals surface area contributed by atoms with Crippen molar-refractivity contribution in [1.29, 1.82) is 0 Å². The molecule has 0 aliphatic heterocycles. The molecule has 0 saturated heterocycles. The number of rotatable bonds is 9. The number of thiocarbonyl (C=S) groups is 1. The van der Waals surface area contributed by atoms with Crippen LogP contribution in [0.5, 0.6) is 5.75 Å². The predicted octanol–water partition coefficient (Wildman–Crippen LogP) is 2.75. The second-order valence-electron chi connectivity index (χ2n) is 5.79. The van der Waals surface area contributed by atoms with Gasteiger partial charge in [0.05, 0.1) is 23.4 Å². The van der Waals surface area contributed by atoms with E-state index in [-0.39, 0.29) is 11.0 Å². The van der Waals surface area contributed by atoms with Gasteiger partial charge >= 0.3 is 0 Å². The van der Waals surface area contributed by atoms with E-state index in [2.05, 4.69) is 22.5 Å². The van der Waals surface area contributed by atoms with Crippen molar-refractivity contribution in [3.8, 4) is 5.75 Å². The molecule has 2 rings (SSSR count).